The predicted molar refractivity (Wildman–Crippen MR) is 113 cm³/mol. The van der Waals surface area contributed by atoms with Crippen LogP contribution in [0.3, 0.4) is 0 Å². The Hall–Kier alpha value is -2.94. The van der Waals surface area contributed by atoms with E-state index < -0.39 is 23.8 Å². The van der Waals surface area contributed by atoms with Gasteiger partial charge in [-0.1, -0.05) is 53.5 Å². The normalized spacial score (nSPS) is 13.8. The molecule has 1 atom stereocenters. The second kappa shape index (κ2) is 7.71. The molecule has 2 aromatic carbocycles. The average molecular weight is 462 g/mol. The molecule has 0 bridgehead atoms. The Labute approximate surface area is 184 Å². The largest absolute Gasteiger partial charge is 0.493 e. The van der Waals surface area contributed by atoms with Gasteiger partial charge in [0.15, 0.2) is 4.77 Å². The molecule has 3 N–H and O–H groups in total. The summed E-state index contributed by atoms with van der Waals surface area (Å²) in [5, 5.41) is 21.7. The van der Waals surface area contributed by atoms with E-state index in [1.807, 2.05) is 6.07 Å². The van der Waals surface area contributed by atoms with Crippen molar-refractivity contribution in [3.8, 4) is 5.88 Å². The molecule has 4 rings (SSSR count). The van der Waals surface area contributed by atoms with Crippen molar-refractivity contribution in [3.63, 3.8) is 0 Å². The van der Waals surface area contributed by atoms with Crippen molar-refractivity contribution in [2.45, 2.75) is 12.5 Å². The third-order valence-corrected chi connectivity index (χ3v) is 5.79. The molecule has 0 aliphatic carbocycles. The van der Waals surface area contributed by atoms with Crippen molar-refractivity contribution in [2.24, 2.45) is 4.99 Å². The van der Waals surface area contributed by atoms with Gasteiger partial charge in [-0.2, -0.15) is 0 Å². The maximum Gasteiger partial charge on any atom is 0.327 e. The van der Waals surface area contributed by atoms with Gasteiger partial charge in [-0.05, 0) is 29.9 Å². The second-order valence-corrected chi connectivity index (χ2v) is 7.82. The van der Waals surface area contributed by atoms with Crippen LogP contribution in [0.1, 0.15) is 17.3 Å². The molecule has 3 aromatic rings. The van der Waals surface area contributed by atoms with E-state index in [0.717, 1.165) is 10.1 Å². The van der Waals surface area contributed by atoms with Crippen LogP contribution in [0.25, 0.3) is 5.57 Å². The van der Waals surface area contributed by atoms with Gasteiger partial charge in [0.2, 0.25) is 5.88 Å². The fourth-order valence-electron chi connectivity index (χ4n) is 3.38. The van der Waals surface area contributed by atoms with Crippen molar-refractivity contribution in [3.05, 3.63) is 79.1 Å². The highest BCUT2D eigenvalue weighted by molar-refractivity contribution is 7.71. The van der Waals surface area contributed by atoms with E-state index in [4.69, 9.17) is 35.4 Å². The van der Waals surface area contributed by atoms with Crippen LogP contribution in [0.15, 0.2) is 47.5 Å². The number of H-pyrrole nitrogens is 1. The van der Waals surface area contributed by atoms with E-state index in [1.54, 1.807) is 24.3 Å². The Kier molecular flexibility index (Phi) is 5.23. The van der Waals surface area contributed by atoms with Crippen LogP contribution >= 0.6 is 35.4 Å². The molecule has 0 saturated carbocycles. The quantitative estimate of drug-likeness (QED) is 0.506. The molecule has 1 aliphatic rings. The van der Waals surface area contributed by atoms with Gasteiger partial charge in [0.1, 0.15) is 11.7 Å². The van der Waals surface area contributed by atoms with Crippen LogP contribution in [0, 0.1) is 4.77 Å². The number of hydrogen-bond acceptors (Lipinski definition) is 4. The number of carboxylic acid groups (broad SMARTS) is 1. The average Bonchev–Trinajstić information content (AvgIpc) is 3.15. The third-order valence-electron chi connectivity index (χ3n) is 4.76. The molecule has 0 spiro atoms. The van der Waals surface area contributed by atoms with Crippen molar-refractivity contribution in [1.82, 2.24) is 9.55 Å². The summed E-state index contributed by atoms with van der Waals surface area (Å²) in [5.74, 6) is -2.28. The Morgan fingerprint density at radius 1 is 1.20 bits per heavy atom. The van der Waals surface area contributed by atoms with Crippen molar-refractivity contribution in [1.29, 1.82) is 0 Å². The number of aromatic nitrogens is 2. The minimum absolute atomic E-state index is 0.0230. The van der Waals surface area contributed by atoms with Crippen LogP contribution < -0.4 is 10.6 Å². The number of nitrogens with zero attached hydrogens (tertiary/aromatic N) is 2. The maximum atomic E-state index is 12.5. The van der Waals surface area contributed by atoms with E-state index >= 15 is 0 Å². The molecule has 30 heavy (non-hydrogen) atoms. The molecule has 1 aromatic heterocycles. The molecule has 0 saturated heterocycles. The maximum absolute atomic E-state index is 12.5. The smallest absolute Gasteiger partial charge is 0.327 e. The number of carboxylic acids is 1. The van der Waals surface area contributed by atoms with Gasteiger partial charge in [-0.15, -0.1) is 0 Å². The second-order valence-electron chi connectivity index (χ2n) is 6.62. The first-order valence-corrected chi connectivity index (χ1v) is 9.87. The van der Waals surface area contributed by atoms with Gasteiger partial charge in [0.05, 0.1) is 21.0 Å². The Morgan fingerprint density at radius 2 is 1.87 bits per heavy atom. The number of halogens is 2. The monoisotopic (exact) mass is 461 g/mol. The molecule has 1 amide bonds. The van der Waals surface area contributed by atoms with Gasteiger partial charge in [0, 0.05) is 11.6 Å². The van der Waals surface area contributed by atoms with Gasteiger partial charge >= 0.3 is 5.97 Å². The van der Waals surface area contributed by atoms with Crippen LogP contribution in [0.5, 0.6) is 5.88 Å². The molecule has 7 nitrogen and oxygen atoms in total. The van der Waals surface area contributed by atoms with Crippen LogP contribution in [-0.2, 0) is 16.0 Å². The van der Waals surface area contributed by atoms with Gasteiger partial charge in [-0.3, -0.25) is 9.36 Å². The Morgan fingerprint density at radius 3 is 2.53 bits per heavy atom. The standard InChI is InChI=1S/C20H13Cl2N3O4S/c21-11-7-10-13(8-12(11)22)23-17(26)15(10)16-18(27)25(20(30)24-16)14(19(28)29)6-9-4-2-1-3-5-9/h1-5,7-8,14,27H,6H2,(H,24,30)(H,28,29). The number of hydrogen-bond donors (Lipinski definition) is 3. The topological polar surface area (TPSA) is 108 Å². The number of rotatable bonds is 5. The van der Waals surface area contributed by atoms with Crippen LogP contribution in [-0.4, -0.2) is 31.6 Å². The zero-order valence-corrected chi connectivity index (χ0v) is 17.4. The summed E-state index contributed by atoms with van der Waals surface area (Å²) in [7, 11) is 0. The molecule has 0 radical (unpaired) electrons. The number of benzene rings is 2. The molecule has 0 fully saturated rings. The number of aromatic hydroxyl groups is 1. The number of aliphatic carboxylic acids is 1. The zero-order valence-electron chi connectivity index (χ0n) is 15.1. The molecule has 10 heteroatoms. The fourth-order valence-corrected chi connectivity index (χ4v) is 4.02. The summed E-state index contributed by atoms with van der Waals surface area (Å²) in [5.41, 5.74) is 0.764. The molecule has 152 valence electrons. The van der Waals surface area contributed by atoms with Crippen LogP contribution in [0.2, 0.25) is 10.0 Å². The predicted octanol–water partition coefficient (Wildman–Crippen LogP) is 2.79. The summed E-state index contributed by atoms with van der Waals surface area (Å²) in [6.45, 7) is 0. The van der Waals surface area contributed by atoms with Gasteiger partial charge in [-0.25, -0.2) is 9.79 Å². The summed E-state index contributed by atoms with van der Waals surface area (Å²) in [6, 6.07) is 10.7. The van der Waals surface area contributed by atoms with E-state index in [2.05, 4.69) is 9.98 Å². The SMILES string of the molecule is O=C1N=c2cc(Cl)c(Cl)cc2=C1c1[nH]c(=S)n(C(Cc2ccccc2)C(=O)O)c1O. The lowest BCUT2D eigenvalue weighted by atomic mass is 10.1. The lowest BCUT2D eigenvalue weighted by Crippen LogP contribution is -2.23. The summed E-state index contributed by atoms with van der Waals surface area (Å²) < 4.78 is 1.04. The zero-order chi connectivity index (χ0) is 21.6. The van der Waals surface area contributed by atoms with Crippen molar-refractivity contribution in [2.75, 3.05) is 0 Å². The molecule has 2 heterocycles. The first-order valence-electron chi connectivity index (χ1n) is 8.71. The lowest BCUT2D eigenvalue weighted by molar-refractivity contribution is -0.141. The van der Waals surface area contributed by atoms with E-state index in [1.165, 1.54) is 12.1 Å². The first kappa shape index (κ1) is 20.3. The number of carbonyl (C=O) groups is 2. The van der Waals surface area contributed by atoms with E-state index in [-0.39, 0.29) is 32.5 Å². The number of fused-ring (bicyclic) bond motifs is 1. The third kappa shape index (κ3) is 3.43. The number of carbonyl (C=O) groups excluding carboxylic acids is 1. The molecular weight excluding hydrogens is 449 g/mol. The van der Waals surface area contributed by atoms with Crippen molar-refractivity contribution >= 4 is 52.9 Å². The highest BCUT2D eigenvalue weighted by Gasteiger charge is 2.30. The van der Waals surface area contributed by atoms with Crippen LogP contribution in [0.4, 0.5) is 0 Å². The summed E-state index contributed by atoms with van der Waals surface area (Å²) in [4.78, 5) is 31.2. The highest BCUT2D eigenvalue weighted by atomic mass is 35.5. The van der Waals surface area contributed by atoms with Gasteiger partial charge in [0.25, 0.3) is 5.91 Å². The number of amides is 1. The number of nitrogens with one attached hydrogen (secondary N) is 1. The Balaban J connectivity index is 1.89. The minimum atomic E-state index is -1.19. The van der Waals surface area contributed by atoms with E-state index in [0.29, 0.717) is 10.6 Å². The fraction of sp³-hybridized carbons (Fsp3) is 0.100. The minimum Gasteiger partial charge on any atom is -0.493 e. The number of aromatic amines is 1. The molecular formula is C20H13Cl2N3O4S. The summed E-state index contributed by atoms with van der Waals surface area (Å²) in [6.07, 6.45) is 0.0843. The van der Waals surface area contributed by atoms with Gasteiger partial charge < -0.3 is 15.2 Å². The first-order chi connectivity index (χ1) is 14.3. The van der Waals surface area contributed by atoms with Crippen molar-refractivity contribution < 1.29 is 19.8 Å². The highest BCUT2D eigenvalue weighted by Crippen LogP contribution is 2.30. The lowest BCUT2D eigenvalue weighted by Gasteiger charge is -2.15. The summed E-state index contributed by atoms with van der Waals surface area (Å²) >= 11 is 17.3. The Bertz CT molecular complexity index is 1380. The number of imidazole rings is 1. The molecule has 1 aliphatic heterocycles. The molecule has 1 unspecified atom stereocenters. The van der Waals surface area contributed by atoms with E-state index in [9.17, 15) is 19.8 Å².